The van der Waals surface area contributed by atoms with Crippen LogP contribution in [0.25, 0.3) is 0 Å². The van der Waals surface area contributed by atoms with E-state index in [1.807, 2.05) is 83.6 Å². The van der Waals surface area contributed by atoms with Crippen LogP contribution in [0.15, 0.2) is 91.5 Å². The normalized spacial score (nSPS) is 14.5. The van der Waals surface area contributed by atoms with Gasteiger partial charge >= 0.3 is 0 Å². The van der Waals surface area contributed by atoms with Gasteiger partial charge in [-0.3, -0.25) is 4.90 Å². The van der Waals surface area contributed by atoms with Crippen LogP contribution in [-0.2, 0) is 18.7 Å². The predicted molar refractivity (Wildman–Crippen MR) is 137 cm³/mol. The molecule has 0 radical (unpaired) electrons. The average molecular weight is 463 g/mol. The first-order chi connectivity index (χ1) is 17.2. The Kier molecular flexibility index (Phi) is 6.76. The Labute approximate surface area is 206 Å². The first kappa shape index (κ1) is 23.0. The highest BCUT2D eigenvalue weighted by Gasteiger charge is 2.37. The van der Waals surface area contributed by atoms with E-state index in [-0.39, 0.29) is 0 Å². The largest absolute Gasteiger partial charge is 0.376 e. The summed E-state index contributed by atoms with van der Waals surface area (Å²) in [5.41, 5.74) is 3.70. The number of piperidine rings is 1. The number of benzene rings is 3. The number of likely N-dealkylation sites (tertiary alicyclic amines) is 1. The van der Waals surface area contributed by atoms with Gasteiger partial charge < -0.3 is 9.67 Å². The maximum absolute atomic E-state index is 12.6. The highest BCUT2D eigenvalue weighted by molar-refractivity contribution is 5.56. The van der Waals surface area contributed by atoms with E-state index >= 15 is 0 Å². The van der Waals surface area contributed by atoms with Gasteiger partial charge in [0.1, 0.15) is 5.60 Å². The average Bonchev–Trinajstić information content (AvgIpc) is 3.44. The summed E-state index contributed by atoms with van der Waals surface area (Å²) in [7, 11) is 0. The van der Waals surface area contributed by atoms with Crippen molar-refractivity contribution in [3.8, 4) is 6.07 Å². The highest BCUT2D eigenvalue weighted by Crippen LogP contribution is 2.40. The molecule has 5 heteroatoms. The molecule has 0 bridgehead atoms. The van der Waals surface area contributed by atoms with Crippen molar-refractivity contribution in [1.29, 1.82) is 5.26 Å². The monoisotopic (exact) mass is 462 g/mol. The third-order valence-electron chi connectivity index (χ3n) is 7.05. The molecule has 1 aliphatic heterocycles. The smallest absolute Gasteiger partial charge is 0.140 e. The Hall–Kier alpha value is -3.72. The summed E-state index contributed by atoms with van der Waals surface area (Å²) in [6.45, 7) is 3.27. The molecule has 0 unspecified atom stereocenters. The van der Waals surface area contributed by atoms with Crippen LogP contribution in [0.4, 0.5) is 0 Å². The molecule has 5 rings (SSSR count). The lowest BCUT2D eigenvalue weighted by atomic mass is 9.76. The lowest BCUT2D eigenvalue weighted by Crippen LogP contribution is -2.35. The molecule has 5 nitrogen and oxygen atoms in total. The van der Waals surface area contributed by atoms with Crippen LogP contribution in [0, 0.1) is 11.3 Å². The lowest BCUT2D eigenvalue weighted by molar-refractivity contribution is 0.122. The zero-order chi connectivity index (χ0) is 24.1. The number of nitriles is 1. The van der Waals surface area contributed by atoms with Crippen LogP contribution in [0.3, 0.4) is 0 Å². The summed E-state index contributed by atoms with van der Waals surface area (Å²) < 4.78 is 1.99. The number of aromatic nitrogens is 2. The second-order valence-corrected chi connectivity index (χ2v) is 9.24. The molecule has 3 aromatic carbocycles. The fourth-order valence-electron chi connectivity index (χ4n) is 5.24. The molecule has 1 aromatic heterocycles. The van der Waals surface area contributed by atoms with Gasteiger partial charge in [0.05, 0.1) is 24.5 Å². The maximum atomic E-state index is 12.6. The second kappa shape index (κ2) is 10.3. The van der Waals surface area contributed by atoms with Crippen LogP contribution in [0.1, 0.15) is 52.6 Å². The van der Waals surface area contributed by atoms with Gasteiger partial charge in [0, 0.05) is 18.9 Å². The third kappa shape index (κ3) is 4.64. The Morgan fingerprint density at radius 1 is 0.829 bits per heavy atom. The van der Waals surface area contributed by atoms with Crippen LogP contribution < -0.4 is 0 Å². The maximum Gasteiger partial charge on any atom is 0.140 e. The molecule has 176 valence electrons. The number of imidazole rings is 1. The Bertz CT molecular complexity index is 1250. The van der Waals surface area contributed by atoms with Crippen molar-refractivity contribution in [2.75, 3.05) is 13.1 Å². The summed E-state index contributed by atoms with van der Waals surface area (Å²) in [5.74, 6) is 0. The molecule has 1 fully saturated rings. The van der Waals surface area contributed by atoms with E-state index < -0.39 is 5.60 Å². The minimum absolute atomic E-state index is 0.527. The number of aliphatic hydroxyl groups is 1. The number of hydrogen-bond donors (Lipinski definition) is 1. The zero-order valence-corrected chi connectivity index (χ0v) is 19.8. The lowest BCUT2D eigenvalue weighted by Gasteiger charge is -2.35. The summed E-state index contributed by atoms with van der Waals surface area (Å²) in [4.78, 5) is 6.66. The Balaban J connectivity index is 1.75. The first-order valence-electron chi connectivity index (χ1n) is 12.3. The fraction of sp³-hybridized carbons (Fsp3) is 0.267. The van der Waals surface area contributed by atoms with Crippen molar-refractivity contribution < 1.29 is 5.11 Å². The SMILES string of the molecule is N#Cc1ccc(C(O)(c2ccccc2)c2ccccc2)c(CN2CCCCC2)c1Cn1ccnc1. The molecule has 0 saturated carbocycles. The van der Waals surface area contributed by atoms with E-state index in [9.17, 15) is 10.4 Å². The number of nitrogens with zero attached hydrogens (tertiary/aromatic N) is 4. The molecule has 4 aromatic rings. The highest BCUT2D eigenvalue weighted by atomic mass is 16.3. The van der Waals surface area contributed by atoms with Crippen LogP contribution in [-0.4, -0.2) is 32.6 Å². The minimum Gasteiger partial charge on any atom is -0.376 e. The van der Waals surface area contributed by atoms with Crippen molar-refractivity contribution in [1.82, 2.24) is 14.5 Å². The van der Waals surface area contributed by atoms with Crippen molar-refractivity contribution in [3.63, 3.8) is 0 Å². The van der Waals surface area contributed by atoms with E-state index in [2.05, 4.69) is 16.0 Å². The number of rotatable bonds is 7. The Morgan fingerprint density at radius 2 is 1.49 bits per heavy atom. The summed E-state index contributed by atoms with van der Waals surface area (Å²) in [6, 6.07) is 25.9. The van der Waals surface area contributed by atoms with Crippen molar-refractivity contribution in [2.45, 2.75) is 38.0 Å². The quantitative estimate of drug-likeness (QED) is 0.389. The van der Waals surface area contributed by atoms with Crippen molar-refractivity contribution in [3.05, 3.63) is 125 Å². The van der Waals surface area contributed by atoms with Crippen molar-refractivity contribution >= 4 is 0 Å². The van der Waals surface area contributed by atoms with Gasteiger partial charge in [-0.1, -0.05) is 73.2 Å². The van der Waals surface area contributed by atoms with E-state index in [1.54, 1.807) is 12.5 Å². The molecule has 0 spiro atoms. The first-order valence-corrected chi connectivity index (χ1v) is 12.3. The molecular weight excluding hydrogens is 432 g/mol. The van der Waals surface area contributed by atoms with Gasteiger partial charge in [-0.25, -0.2) is 4.98 Å². The molecule has 2 heterocycles. The number of hydrogen-bond acceptors (Lipinski definition) is 4. The predicted octanol–water partition coefficient (Wildman–Crippen LogP) is 5.07. The Morgan fingerprint density at radius 3 is 2.06 bits per heavy atom. The van der Waals surface area contributed by atoms with Gasteiger partial charge in [0.15, 0.2) is 0 Å². The topological polar surface area (TPSA) is 65.1 Å². The summed E-state index contributed by atoms with van der Waals surface area (Å²) in [5, 5.41) is 22.7. The van der Waals surface area contributed by atoms with Crippen LogP contribution in [0.5, 0.6) is 0 Å². The van der Waals surface area contributed by atoms with Gasteiger partial charge in [-0.05, 0) is 59.8 Å². The second-order valence-electron chi connectivity index (χ2n) is 9.24. The van der Waals surface area contributed by atoms with Gasteiger partial charge in [-0.15, -0.1) is 0 Å². The van der Waals surface area contributed by atoms with Crippen LogP contribution in [0.2, 0.25) is 0 Å². The van der Waals surface area contributed by atoms with E-state index in [1.165, 1.54) is 19.3 Å². The minimum atomic E-state index is -1.36. The molecular formula is C30H30N4O. The molecule has 1 aliphatic rings. The third-order valence-corrected chi connectivity index (χ3v) is 7.05. The molecule has 1 N–H and O–H groups in total. The fourth-order valence-corrected chi connectivity index (χ4v) is 5.24. The molecule has 1 saturated heterocycles. The van der Waals surface area contributed by atoms with E-state index in [0.717, 1.165) is 40.9 Å². The van der Waals surface area contributed by atoms with E-state index in [4.69, 9.17) is 0 Å². The van der Waals surface area contributed by atoms with Crippen molar-refractivity contribution in [2.24, 2.45) is 0 Å². The van der Waals surface area contributed by atoms with E-state index in [0.29, 0.717) is 18.7 Å². The summed E-state index contributed by atoms with van der Waals surface area (Å²) >= 11 is 0. The molecule has 35 heavy (non-hydrogen) atoms. The molecule has 0 atom stereocenters. The summed E-state index contributed by atoms with van der Waals surface area (Å²) in [6.07, 6.45) is 9.04. The van der Waals surface area contributed by atoms with Crippen LogP contribution >= 0.6 is 0 Å². The van der Waals surface area contributed by atoms with Gasteiger partial charge in [0.2, 0.25) is 0 Å². The standard InChI is InChI=1S/C30H30N4O/c31-20-24-14-15-29(30(35,25-10-4-1-5-11-25)26-12-6-2-7-13-26)28(22-33-17-8-3-9-18-33)27(24)21-34-19-16-32-23-34/h1-2,4-7,10-16,19,23,35H,3,8-9,17-18,21-22H2. The van der Waals surface area contributed by atoms with Gasteiger partial charge in [0.25, 0.3) is 0 Å². The van der Waals surface area contributed by atoms with Gasteiger partial charge in [-0.2, -0.15) is 5.26 Å². The zero-order valence-electron chi connectivity index (χ0n) is 19.8. The molecule has 0 amide bonds. The molecule has 0 aliphatic carbocycles.